The summed E-state index contributed by atoms with van der Waals surface area (Å²) >= 11 is 0. The van der Waals surface area contributed by atoms with Crippen molar-refractivity contribution in [1.82, 2.24) is 9.13 Å². The van der Waals surface area contributed by atoms with Gasteiger partial charge in [-0.2, -0.15) is 5.26 Å². The number of para-hydroxylation sites is 2. The van der Waals surface area contributed by atoms with E-state index >= 15 is 0 Å². The molecule has 1 aliphatic rings. The summed E-state index contributed by atoms with van der Waals surface area (Å²) in [5.74, 6) is 0. The Hall–Kier alpha value is -6.10. The Kier molecular flexibility index (Phi) is 5.06. The van der Waals surface area contributed by atoms with Crippen LogP contribution in [0.4, 0.5) is 5.69 Å². The van der Waals surface area contributed by atoms with Gasteiger partial charge >= 0.3 is 0 Å². The molecule has 210 valence electrons. The molecule has 2 aromatic heterocycles. The van der Waals surface area contributed by atoms with Gasteiger partial charge in [0.25, 0.3) is 0 Å². The monoisotopic (exact) mass is 574 g/mol. The van der Waals surface area contributed by atoms with Crippen molar-refractivity contribution in [1.29, 1.82) is 5.26 Å². The van der Waals surface area contributed by atoms with E-state index in [0.717, 1.165) is 38.7 Å². The zero-order valence-electron chi connectivity index (χ0n) is 24.8. The van der Waals surface area contributed by atoms with E-state index in [4.69, 9.17) is 6.57 Å². The molecule has 0 radical (unpaired) electrons. The molecule has 0 spiro atoms. The molecule has 4 heteroatoms. The van der Waals surface area contributed by atoms with Gasteiger partial charge in [0.15, 0.2) is 5.69 Å². The van der Waals surface area contributed by atoms with Crippen LogP contribution in [0.5, 0.6) is 0 Å². The van der Waals surface area contributed by atoms with Crippen LogP contribution in [-0.2, 0) is 5.41 Å². The molecule has 0 atom stereocenters. The third-order valence-electron chi connectivity index (χ3n) is 9.71. The van der Waals surface area contributed by atoms with Crippen LogP contribution in [0.1, 0.15) is 30.5 Å². The van der Waals surface area contributed by atoms with Gasteiger partial charge in [0.05, 0.1) is 40.3 Å². The molecule has 0 saturated carbocycles. The van der Waals surface area contributed by atoms with Crippen LogP contribution in [0, 0.1) is 17.9 Å². The van der Waals surface area contributed by atoms with Gasteiger partial charge in [-0.1, -0.05) is 86.6 Å². The summed E-state index contributed by atoms with van der Waals surface area (Å²) in [7, 11) is 0. The van der Waals surface area contributed by atoms with Crippen LogP contribution in [0.3, 0.4) is 0 Å². The van der Waals surface area contributed by atoms with Crippen molar-refractivity contribution in [2.45, 2.75) is 19.3 Å². The van der Waals surface area contributed by atoms with E-state index in [0.29, 0.717) is 11.3 Å². The highest BCUT2D eigenvalue weighted by Gasteiger charge is 2.37. The Morgan fingerprint density at radius 3 is 2.02 bits per heavy atom. The Morgan fingerprint density at radius 1 is 0.622 bits per heavy atom. The SMILES string of the molecule is [C-]#[N+]c1cc(-n2c3ccccc3c3cc(C#N)ccc32)cc(-n2c3ccccc3c3ccc4c(c32)-c2ccccc2C4(C)C)c1. The van der Waals surface area contributed by atoms with E-state index in [2.05, 4.69) is 113 Å². The first kappa shape index (κ1) is 25.4. The Balaban J connectivity index is 1.42. The van der Waals surface area contributed by atoms with E-state index in [1.807, 2.05) is 42.5 Å². The van der Waals surface area contributed by atoms with Crippen LogP contribution >= 0.6 is 0 Å². The molecule has 0 N–H and O–H groups in total. The lowest BCUT2D eigenvalue weighted by Gasteiger charge is -2.21. The largest absolute Gasteiger partial charge is 0.310 e. The number of fused-ring (bicyclic) bond motifs is 10. The van der Waals surface area contributed by atoms with Crippen LogP contribution in [-0.4, -0.2) is 9.13 Å². The van der Waals surface area contributed by atoms with E-state index < -0.39 is 0 Å². The molecule has 8 aromatic rings. The average molecular weight is 575 g/mol. The summed E-state index contributed by atoms with van der Waals surface area (Å²) in [5.41, 5.74) is 12.4. The van der Waals surface area contributed by atoms with E-state index in [1.54, 1.807) is 0 Å². The molecule has 0 aliphatic heterocycles. The minimum absolute atomic E-state index is 0.129. The summed E-state index contributed by atoms with van der Waals surface area (Å²) in [5, 5.41) is 14.1. The normalized spacial score (nSPS) is 13.2. The van der Waals surface area contributed by atoms with E-state index in [-0.39, 0.29) is 5.41 Å². The summed E-state index contributed by atoms with van der Waals surface area (Å²) in [6.07, 6.45) is 0. The second kappa shape index (κ2) is 8.96. The molecule has 2 heterocycles. The lowest BCUT2D eigenvalue weighted by atomic mass is 9.82. The maximum atomic E-state index is 9.64. The highest BCUT2D eigenvalue weighted by molar-refractivity contribution is 6.16. The van der Waals surface area contributed by atoms with Crippen molar-refractivity contribution in [3.05, 3.63) is 149 Å². The van der Waals surface area contributed by atoms with Gasteiger partial charge in [-0.05, 0) is 65.2 Å². The van der Waals surface area contributed by atoms with Gasteiger partial charge in [-0.25, -0.2) is 4.85 Å². The Morgan fingerprint density at radius 2 is 1.27 bits per heavy atom. The lowest BCUT2D eigenvalue weighted by molar-refractivity contribution is 0.661. The van der Waals surface area contributed by atoms with Crippen LogP contribution in [0.15, 0.2) is 121 Å². The molecule has 45 heavy (non-hydrogen) atoms. The van der Waals surface area contributed by atoms with Crippen molar-refractivity contribution in [3.63, 3.8) is 0 Å². The number of nitrogens with zero attached hydrogens (tertiary/aromatic N) is 4. The second-order valence-electron chi connectivity index (χ2n) is 12.4. The number of hydrogen-bond acceptors (Lipinski definition) is 1. The third-order valence-corrected chi connectivity index (χ3v) is 9.71. The molecule has 6 aromatic carbocycles. The van der Waals surface area contributed by atoms with E-state index in [9.17, 15) is 5.26 Å². The Bertz CT molecular complexity index is 2650. The minimum atomic E-state index is -0.129. The van der Waals surface area contributed by atoms with Crippen molar-refractivity contribution in [2.75, 3.05) is 0 Å². The minimum Gasteiger partial charge on any atom is -0.310 e. The van der Waals surface area contributed by atoms with Gasteiger partial charge in [0.1, 0.15) is 0 Å². The van der Waals surface area contributed by atoms with Gasteiger partial charge in [-0.15, -0.1) is 0 Å². The highest BCUT2D eigenvalue weighted by atomic mass is 15.0. The van der Waals surface area contributed by atoms with Gasteiger partial charge in [0, 0.05) is 43.9 Å². The second-order valence-corrected chi connectivity index (χ2v) is 12.4. The third kappa shape index (κ3) is 3.34. The average Bonchev–Trinajstić information content (AvgIpc) is 3.68. The summed E-state index contributed by atoms with van der Waals surface area (Å²) in [6, 6.07) is 44.5. The standard InChI is InChI=1S/C41H26N4/c1-41(2)34-13-7-4-12-32(34)39-35(41)18-17-31-29-10-5-9-15-37(29)45(40(31)39)28-22-26(43-3)21-27(23-28)44-36-14-8-6-11-30(36)33-20-25(24-42)16-19-38(33)44/h4-23H,1-2H3. The van der Waals surface area contributed by atoms with Crippen LogP contribution in [0.2, 0.25) is 0 Å². The van der Waals surface area contributed by atoms with Crippen molar-refractivity contribution in [3.8, 4) is 28.6 Å². The number of aromatic nitrogens is 2. The Labute approximate surface area is 260 Å². The summed E-state index contributed by atoms with van der Waals surface area (Å²) in [6.45, 7) is 12.8. The zero-order valence-corrected chi connectivity index (χ0v) is 24.8. The number of nitriles is 1. The maximum Gasteiger partial charge on any atom is 0.191 e. The molecule has 0 amide bonds. The fraction of sp³-hybridized carbons (Fsp3) is 0.0732. The first-order chi connectivity index (χ1) is 22.0. The molecule has 0 saturated heterocycles. The molecule has 0 fully saturated rings. The van der Waals surface area contributed by atoms with E-state index in [1.165, 1.54) is 38.5 Å². The highest BCUT2D eigenvalue weighted by Crippen LogP contribution is 2.53. The molecule has 9 rings (SSSR count). The van der Waals surface area contributed by atoms with Crippen molar-refractivity contribution < 1.29 is 0 Å². The zero-order chi connectivity index (χ0) is 30.4. The maximum absolute atomic E-state index is 9.64. The molecule has 1 aliphatic carbocycles. The van der Waals surface area contributed by atoms with Gasteiger partial charge < -0.3 is 9.13 Å². The quantitative estimate of drug-likeness (QED) is 0.189. The molecule has 0 bridgehead atoms. The van der Waals surface area contributed by atoms with Crippen LogP contribution < -0.4 is 0 Å². The summed E-state index contributed by atoms with van der Waals surface area (Å²) in [4.78, 5) is 3.97. The molecule has 0 unspecified atom stereocenters. The van der Waals surface area contributed by atoms with Crippen LogP contribution in [0.25, 0.3) is 71.0 Å². The smallest absolute Gasteiger partial charge is 0.191 e. The van der Waals surface area contributed by atoms with Crippen molar-refractivity contribution >= 4 is 49.3 Å². The molecule has 4 nitrogen and oxygen atoms in total. The van der Waals surface area contributed by atoms with Gasteiger partial charge in [0.2, 0.25) is 0 Å². The number of hydrogen-bond donors (Lipinski definition) is 0. The number of rotatable bonds is 2. The predicted octanol–water partition coefficient (Wildman–Crippen LogP) is 10.6. The topological polar surface area (TPSA) is 38.0 Å². The predicted molar refractivity (Wildman–Crippen MR) is 184 cm³/mol. The number of benzene rings is 6. The fourth-order valence-corrected chi connectivity index (χ4v) is 7.73. The fourth-order valence-electron chi connectivity index (χ4n) is 7.73. The van der Waals surface area contributed by atoms with Gasteiger partial charge in [-0.3, -0.25) is 0 Å². The van der Waals surface area contributed by atoms with Crippen molar-refractivity contribution in [2.24, 2.45) is 0 Å². The summed E-state index contributed by atoms with van der Waals surface area (Å²) < 4.78 is 4.59. The first-order valence-corrected chi connectivity index (χ1v) is 15.1. The first-order valence-electron chi connectivity index (χ1n) is 15.1. The molecular formula is C41H26N4. The lowest BCUT2D eigenvalue weighted by Crippen LogP contribution is -2.14. The molecular weight excluding hydrogens is 548 g/mol.